The molecule has 0 saturated carbocycles. The van der Waals surface area contributed by atoms with Gasteiger partial charge in [0.25, 0.3) is 0 Å². The van der Waals surface area contributed by atoms with Crippen molar-refractivity contribution in [1.29, 1.82) is 0 Å². The first kappa shape index (κ1) is 11.2. The average Bonchev–Trinajstić information content (AvgIpc) is 3.03. The van der Waals surface area contributed by atoms with Crippen molar-refractivity contribution in [3.8, 4) is 11.5 Å². The van der Waals surface area contributed by atoms with Crippen LogP contribution in [-0.2, 0) is 12.8 Å². The zero-order chi connectivity index (χ0) is 12.8. The minimum absolute atomic E-state index is 0.0431. The molecular weight excluding hydrogens is 260 g/mol. The molecule has 0 fully saturated rings. The Kier molecular flexibility index (Phi) is 2.46. The van der Waals surface area contributed by atoms with Crippen LogP contribution in [0.25, 0.3) is 0 Å². The number of para-hydroxylation sites is 1. The molecule has 0 aliphatic carbocycles. The van der Waals surface area contributed by atoms with Gasteiger partial charge in [-0.1, -0.05) is 29.8 Å². The minimum atomic E-state index is 0.0431. The summed E-state index contributed by atoms with van der Waals surface area (Å²) >= 11 is 6.03. The summed E-state index contributed by atoms with van der Waals surface area (Å²) in [7, 11) is 0. The Morgan fingerprint density at radius 3 is 3.00 bits per heavy atom. The Morgan fingerprint density at radius 1 is 1.11 bits per heavy atom. The van der Waals surface area contributed by atoms with Gasteiger partial charge in [0.15, 0.2) is 0 Å². The molecule has 2 aromatic carbocycles. The fourth-order valence-corrected chi connectivity index (χ4v) is 3.08. The number of hydrogen-bond donors (Lipinski definition) is 0. The molecule has 2 nitrogen and oxygen atoms in total. The molecule has 19 heavy (non-hydrogen) atoms. The summed E-state index contributed by atoms with van der Waals surface area (Å²) in [5.74, 6) is 1.96. The number of benzene rings is 2. The third-order valence-electron chi connectivity index (χ3n) is 3.79. The van der Waals surface area contributed by atoms with E-state index in [1.807, 2.05) is 18.2 Å². The van der Waals surface area contributed by atoms with E-state index in [-0.39, 0.29) is 6.10 Å². The second-order valence-electron chi connectivity index (χ2n) is 5.00. The van der Waals surface area contributed by atoms with Crippen LogP contribution in [0.3, 0.4) is 0 Å². The van der Waals surface area contributed by atoms with Crippen molar-refractivity contribution in [2.75, 3.05) is 6.61 Å². The Morgan fingerprint density at radius 2 is 2.05 bits per heavy atom. The largest absolute Gasteiger partial charge is 0.493 e. The molecule has 1 unspecified atom stereocenters. The molecule has 0 radical (unpaired) electrons. The molecule has 2 aliphatic rings. The summed E-state index contributed by atoms with van der Waals surface area (Å²) in [5, 5.41) is 0.762. The van der Waals surface area contributed by atoms with Crippen LogP contribution in [-0.4, -0.2) is 6.61 Å². The van der Waals surface area contributed by atoms with Crippen molar-refractivity contribution in [3.63, 3.8) is 0 Å². The first-order valence-electron chi connectivity index (χ1n) is 6.51. The van der Waals surface area contributed by atoms with Gasteiger partial charge < -0.3 is 9.47 Å². The molecule has 96 valence electrons. The molecule has 2 aromatic rings. The fraction of sp³-hybridized carbons (Fsp3) is 0.250. The molecule has 3 heteroatoms. The molecule has 2 aliphatic heterocycles. The van der Waals surface area contributed by atoms with E-state index in [1.165, 1.54) is 11.1 Å². The van der Waals surface area contributed by atoms with Crippen LogP contribution in [0, 0.1) is 0 Å². The van der Waals surface area contributed by atoms with E-state index < -0.39 is 0 Å². The van der Waals surface area contributed by atoms with E-state index >= 15 is 0 Å². The molecule has 1 atom stereocenters. The van der Waals surface area contributed by atoms with Crippen molar-refractivity contribution in [2.45, 2.75) is 18.9 Å². The zero-order valence-corrected chi connectivity index (χ0v) is 11.1. The van der Waals surface area contributed by atoms with Gasteiger partial charge in [-0.15, -0.1) is 0 Å². The third-order valence-corrected chi connectivity index (χ3v) is 4.02. The molecular formula is C16H13ClO2. The van der Waals surface area contributed by atoms with Gasteiger partial charge >= 0.3 is 0 Å². The highest BCUT2D eigenvalue weighted by molar-refractivity contribution is 6.30. The maximum atomic E-state index is 6.03. The van der Waals surface area contributed by atoms with Gasteiger partial charge in [-0.3, -0.25) is 0 Å². The molecule has 4 rings (SSSR count). The lowest BCUT2D eigenvalue weighted by atomic mass is 10.00. The van der Waals surface area contributed by atoms with Crippen molar-refractivity contribution in [2.24, 2.45) is 0 Å². The standard InChI is InChI=1S/C16H13ClO2/c17-12-4-5-14-11(8-12)9-15(19-14)13-3-1-2-10-6-7-18-16(10)13/h1-5,8,15H,6-7,9H2. The highest BCUT2D eigenvalue weighted by atomic mass is 35.5. The number of fused-ring (bicyclic) bond motifs is 2. The Hall–Kier alpha value is -1.67. The van der Waals surface area contributed by atoms with Crippen molar-refractivity contribution >= 4 is 11.6 Å². The van der Waals surface area contributed by atoms with Gasteiger partial charge in [0.1, 0.15) is 17.6 Å². The quantitative estimate of drug-likeness (QED) is 0.783. The van der Waals surface area contributed by atoms with Crippen LogP contribution in [0.5, 0.6) is 11.5 Å². The highest BCUT2D eigenvalue weighted by Gasteiger charge is 2.29. The van der Waals surface area contributed by atoms with Crippen LogP contribution in [0.15, 0.2) is 36.4 Å². The van der Waals surface area contributed by atoms with Crippen LogP contribution in [0.4, 0.5) is 0 Å². The molecule has 0 bridgehead atoms. The van der Waals surface area contributed by atoms with Gasteiger partial charge in [0.05, 0.1) is 6.61 Å². The van der Waals surface area contributed by atoms with Gasteiger partial charge in [-0.25, -0.2) is 0 Å². The van der Waals surface area contributed by atoms with Gasteiger partial charge in [-0.2, -0.15) is 0 Å². The van der Waals surface area contributed by atoms with Crippen LogP contribution < -0.4 is 9.47 Å². The topological polar surface area (TPSA) is 18.5 Å². The number of hydrogen-bond acceptors (Lipinski definition) is 2. The molecule has 2 heterocycles. The van der Waals surface area contributed by atoms with Crippen LogP contribution >= 0.6 is 11.6 Å². The van der Waals surface area contributed by atoms with Gasteiger partial charge in [0, 0.05) is 23.4 Å². The van der Waals surface area contributed by atoms with E-state index in [1.54, 1.807) is 0 Å². The van der Waals surface area contributed by atoms with E-state index in [0.29, 0.717) is 0 Å². The first-order valence-corrected chi connectivity index (χ1v) is 6.89. The maximum absolute atomic E-state index is 6.03. The van der Waals surface area contributed by atoms with Gasteiger partial charge in [0.2, 0.25) is 0 Å². The van der Waals surface area contributed by atoms with E-state index in [9.17, 15) is 0 Å². The maximum Gasteiger partial charge on any atom is 0.131 e. The Balaban J connectivity index is 1.72. The molecule has 0 aromatic heterocycles. The van der Waals surface area contributed by atoms with Crippen LogP contribution in [0.2, 0.25) is 5.02 Å². The van der Waals surface area contributed by atoms with Crippen LogP contribution in [0.1, 0.15) is 22.8 Å². The first-order chi connectivity index (χ1) is 9.31. The predicted octanol–water partition coefficient (Wildman–Crippen LogP) is 3.95. The van der Waals surface area contributed by atoms with Crippen molar-refractivity contribution in [1.82, 2.24) is 0 Å². The summed E-state index contributed by atoms with van der Waals surface area (Å²) in [6, 6.07) is 12.1. The second kappa shape index (κ2) is 4.17. The van der Waals surface area contributed by atoms with Crippen molar-refractivity contribution in [3.05, 3.63) is 58.1 Å². The SMILES string of the molecule is Clc1ccc2c(c1)CC(c1cccc3c1OCC3)O2. The summed E-state index contributed by atoms with van der Waals surface area (Å²) in [4.78, 5) is 0. The lowest BCUT2D eigenvalue weighted by Crippen LogP contribution is -2.05. The number of rotatable bonds is 1. The lowest BCUT2D eigenvalue weighted by Gasteiger charge is -2.14. The summed E-state index contributed by atoms with van der Waals surface area (Å²) in [5.41, 5.74) is 3.62. The normalized spacial score (nSPS) is 19.5. The van der Waals surface area contributed by atoms with E-state index in [0.717, 1.165) is 41.5 Å². The summed E-state index contributed by atoms with van der Waals surface area (Å²) < 4.78 is 11.8. The predicted molar refractivity (Wildman–Crippen MR) is 74.2 cm³/mol. The van der Waals surface area contributed by atoms with Gasteiger partial charge in [-0.05, 0) is 29.3 Å². The molecule has 0 saturated heterocycles. The Bertz CT molecular complexity index is 651. The monoisotopic (exact) mass is 272 g/mol. The molecule has 0 N–H and O–H groups in total. The minimum Gasteiger partial charge on any atom is -0.493 e. The summed E-state index contributed by atoms with van der Waals surface area (Å²) in [6.07, 6.45) is 1.89. The van der Waals surface area contributed by atoms with E-state index in [2.05, 4.69) is 18.2 Å². The smallest absolute Gasteiger partial charge is 0.131 e. The number of halogens is 1. The molecule has 0 spiro atoms. The summed E-state index contributed by atoms with van der Waals surface area (Å²) in [6.45, 7) is 0.776. The zero-order valence-electron chi connectivity index (χ0n) is 10.4. The fourth-order valence-electron chi connectivity index (χ4n) is 2.88. The highest BCUT2D eigenvalue weighted by Crippen LogP contribution is 2.42. The number of ether oxygens (including phenoxy) is 2. The van der Waals surface area contributed by atoms with Crippen molar-refractivity contribution < 1.29 is 9.47 Å². The molecule has 0 amide bonds. The Labute approximate surface area is 116 Å². The third kappa shape index (κ3) is 1.79. The van der Waals surface area contributed by atoms with E-state index in [4.69, 9.17) is 21.1 Å². The average molecular weight is 273 g/mol. The second-order valence-corrected chi connectivity index (χ2v) is 5.43. The lowest BCUT2D eigenvalue weighted by molar-refractivity contribution is 0.230.